The molecule has 0 radical (unpaired) electrons. The fraction of sp³-hybridized carbons (Fsp3) is 0.833. The highest BCUT2D eigenvalue weighted by molar-refractivity contribution is 5.73. The van der Waals surface area contributed by atoms with Gasteiger partial charge in [0, 0.05) is 13.1 Å². The third-order valence-corrected chi connectivity index (χ3v) is 2.45. The van der Waals surface area contributed by atoms with Crippen LogP contribution in [0, 0.1) is 0 Å². The van der Waals surface area contributed by atoms with Crippen molar-refractivity contribution in [2.24, 2.45) is 0 Å². The monoisotopic (exact) mass is 259 g/mol. The molecular formula is C12H25N3O3. The minimum absolute atomic E-state index is 0.188. The van der Waals surface area contributed by atoms with Crippen LogP contribution in [0.2, 0.25) is 0 Å². The summed E-state index contributed by atoms with van der Waals surface area (Å²) in [5, 5.41) is 5.29. The Labute approximate surface area is 109 Å². The van der Waals surface area contributed by atoms with Gasteiger partial charge in [-0.3, -0.25) is 9.69 Å². The first-order valence-electron chi connectivity index (χ1n) is 6.53. The van der Waals surface area contributed by atoms with Crippen LogP contribution in [0.1, 0.15) is 27.2 Å². The van der Waals surface area contributed by atoms with Gasteiger partial charge < -0.3 is 15.4 Å². The molecule has 6 heteroatoms. The molecule has 2 N–H and O–H groups in total. The summed E-state index contributed by atoms with van der Waals surface area (Å²) in [5.41, 5.74) is 0. The molecule has 0 unspecified atom stereocenters. The van der Waals surface area contributed by atoms with Gasteiger partial charge in [0.2, 0.25) is 0 Å². The SMILES string of the molecule is CCNC(=O)NCCCOC(=O)CN(CC)CC. The molecular weight excluding hydrogens is 234 g/mol. The Morgan fingerprint density at radius 2 is 1.78 bits per heavy atom. The van der Waals surface area contributed by atoms with Crippen molar-refractivity contribution in [1.82, 2.24) is 15.5 Å². The molecule has 0 aromatic carbocycles. The van der Waals surface area contributed by atoms with Crippen LogP contribution in [0.5, 0.6) is 0 Å². The molecule has 0 aliphatic rings. The van der Waals surface area contributed by atoms with Gasteiger partial charge >= 0.3 is 12.0 Å². The van der Waals surface area contributed by atoms with Crippen molar-refractivity contribution < 1.29 is 14.3 Å². The van der Waals surface area contributed by atoms with E-state index in [-0.39, 0.29) is 12.0 Å². The maximum atomic E-state index is 11.4. The van der Waals surface area contributed by atoms with Crippen molar-refractivity contribution in [2.75, 3.05) is 39.3 Å². The molecule has 0 atom stereocenters. The number of rotatable bonds is 9. The number of carbonyl (C=O) groups is 2. The summed E-state index contributed by atoms with van der Waals surface area (Å²) in [4.78, 5) is 24.4. The van der Waals surface area contributed by atoms with Crippen LogP contribution >= 0.6 is 0 Å². The normalized spacial score (nSPS) is 10.2. The molecule has 18 heavy (non-hydrogen) atoms. The summed E-state index contributed by atoms with van der Waals surface area (Å²) < 4.78 is 5.07. The van der Waals surface area contributed by atoms with Gasteiger partial charge in [0.15, 0.2) is 0 Å². The lowest BCUT2D eigenvalue weighted by molar-refractivity contribution is -0.144. The maximum absolute atomic E-state index is 11.4. The Morgan fingerprint density at radius 1 is 1.11 bits per heavy atom. The number of likely N-dealkylation sites (N-methyl/N-ethyl adjacent to an activating group) is 1. The number of nitrogens with zero attached hydrogens (tertiary/aromatic N) is 1. The van der Waals surface area contributed by atoms with E-state index in [1.54, 1.807) is 0 Å². The van der Waals surface area contributed by atoms with Gasteiger partial charge in [-0.25, -0.2) is 4.79 Å². The van der Waals surface area contributed by atoms with E-state index in [2.05, 4.69) is 10.6 Å². The lowest BCUT2D eigenvalue weighted by Crippen LogP contribution is -2.36. The predicted octanol–water partition coefficient (Wildman–Crippen LogP) is 0.581. The van der Waals surface area contributed by atoms with Crippen molar-refractivity contribution in [3.05, 3.63) is 0 Å². The van der Waals surface area contributed by atoms with Crippen molar-refractivity contribution in [2.45, 2.75) is 27.2 Å². The van der Waals surface area contributed by atoms with Gasteiger partial charge in [-0.15, -0.1) is 0 Å². The minimum Gasteiger partial charge on any atom is -0.465 e. The number of urea groups is 1. The molecule has 0 heterocycles. The number of hydrogen-bond donors (Lipinski definition) is 2. The summed E-state index contributed by atoms with van der Waals surface area (Å²) in [6.45, 7) is 9.32. The highest BCUT2D eigenvalue weighted by atomic mass is 16.5. The second-order valence-corrected chi connectivity index (χ2v) is 3.82. The number of hydrogen-bond acceptors (Lipinski definition) is 4. The quantitative estimate of drug-likeness (QED) is 0.469. The molecule has 0 rings (SSSR count). The largest absolute Gasteiger partial charge is 0.465 e. The molecule has 0 aliphatic heterocycles. The zero-order valence-electron chi connectivity index (χ0n) is 11.6. The van der Waals surface area contributed by atoms with Crippen LogP contribution in [-0.4, -0.2) is 56.2 Å². The number of ether oxygens (including phenoxy) is 1. The molecule has 0 spiro atoms. The number of amides is 2. The molecule has 0 saturated carbocycles. The Hall–Kier alpha value is -1.30. The van der Waals surface area contributed by atoms with Gasteiger partial charge in [-0.05, 0) is 26.4 Å². The van der Waals surface area contributed by atoms with Crippen molar-refractivity contribution in [3.63, 3.8) is 0 Å². The molecule has 0 saturated heterocycles. The van der Waals surface area contributed by atoms with Crippen LogP contribution in [0.3, 0.4) is 0 Å². The van der Waals surface area contributed by atoms with E-state index in [1.165, 1.54) is 0 Å². The molecule has 2 amide bonds. The summed E-state index contributed by atoms with van der Waals surface area (Å²) in [5.74, 6) is -0.211. The van der Waals surface area contributed by atoms with Crippen molar-refractivity contribution in [3.8, 4) is 0 Å². The Bertz CT molecular complexity index is 243. The van der Waals surface area contributed by atoms with E-state index in [9.17, 15) is 9.59 Å². The number of esters is 1. The van der Waals surface area contributed by atoms with Crippen LogP contribution in [0.25, 0.3) is 0 Å². The average Bonchev–Trinajstić information content (AvgIpc) is 2.35. The summed E-state index contributed by atoms with van der Waals surface area (Å²) >= 11 is 0. The first kappa shape index (κ1) is 16.7. The highest BCUT2D eigenvalue weighted by Crippen LogP contribution is 1.90. The minimum atomic E-state index is -0.211. The second kappa shape index (κ2) is 10.8. The molecule has 0 aromatic rings. The molecule has 0 aromatic heterocycles. The third kappa shape index (κ3) is 8.81. The summed E-state index contributed by atoms with van der Waals surface area (Å²) in [6, 6.07) is -0.188. The number of nitrogens with one attached hydrogen (secondary N) is 2. The smallest absolute Gasteiger partial charge is 0.320 e. The third-order valence-electron chi connectivity index (χ3n) is 2.45. The van der Waals surface area contributed by atoms with E-state index in [4.69, 9.17) is 4.74 Å². The molecule has 0 bridgehead atoms. The topological polar surface area (TPSA) is 70.7 Å². The van der Waals surface area contributed by atoms with E-state index in [0.717, 1.165) is 13.1 Å². The fourth-order valence-corrected chi connectivity index (χ4v) is 1.36. The zero-order valence-corrected chi connectivity index (χ0v) is 11.6. The van der Waals surface area contributed by atoms with Gasteiger partial charge in [0.1, 0.15) is 0 Å². The van der Waals surface area contributed by atoms with Crippen LogP contribution in [0.4, 0.5) is 4.79 Å². The molecule has 0 fully saturated rings. The molecule has 0 aliphatic carbocycles. The highest BCUT2D eigenvalue weighted by Gasteiger charge is 2.07. The zero-order chi connectivity index (χ0) is 13.8. The van der Waals surface area contributed by atoms with Crippen LogP contribution < -0.4 is 10.6 Å². The van der Waals surface area contributed by atoms with E-state index < -0.39 is 0 Å². The fourth-order valence-electron chi connectivity index (χ4n) is 1.36. The van der Waals surface area contributed by atoms with Crippen molar-refractivity contribution >= 4 is 12.0 Å². The van der Waals surface area contributed by atoms with Crippen LogP contribution in [-0.2, 0) is 9.53 Å². The van der Waals surface area contributed by atoms with Gasteiger partial charge in [-0.2, -0.15) is 0 Å². The number of carbonyl (C=O) groups excluding carboxylic acids is 2. The van der Waals surface area contributed by atoms with E-state index >= 15 is 0 Å². The summed E-state index contributed by atoms with van der Waals surface area (Å²) in [6.07, 6.45) is 0.626. The second-order valence-electron chi connectivity index (χ2n) is 3.82. The van der Waals surface area contributed by atoms with Crippen LogP contribution in [0.15, 0.2) is 0 Å². The molecule has 6 nitrogen and oxygen atoms in total. The van der Waals surface area contributed by atoms with Crippen molar-refractivity contribution in [1.29, 1.82) is 0 Å². The van der Waals surface area contributed by atoms with Gasteiger partial charge in [0.05, 0.1) is 13.2 Å². The predicted molar refractivity (Wildman–Crippen MR) is 70.4 cm³/mol. The summed E-state index contributed by atoms with van der Waals surface area (Å²) in [7, 11) is 0. The average molecular weight is 259 g/mol. The Morgan fingerprint density at radius 3 is 2.33 bits per heavy atom. The Kier molecular flexibility index (Phi) is 10.0. The van der Waals surface area contributed by atoms with Gasteiger partial charge in [-0.1, -0.05) is 13.8 Å². The maximum Gasteiger partial charge on any atom is 0.320 e. The lowest BCUT2D eigenvalue weighted by atomic mass is 10.4. The van der Waals surface area contributed by atoms with E-state index in [0.29, 0.717) is 32.7 Å². The Balaban J connectivity index is 3.48. The first-order valence-corrected chi connectivity index (χ1v) is 6.53. The van der Waals surface area contributed by atoms with E-state index in [1.807, 2.05) is 25.7 Å². The molecule has 106 valence electrons. The van der Waals surface area contributed by atoms with Gasteiger partial charge in [0.25, 0.3) is 0 Å². The standard InChI is InChI=1S/C12H25N3O3/c1-4-13-12(17)14-8-7-9-18-11(16)10-15(5-2)6-3/h4-10H2,1-3H3,(H2,13,14,17). The first-order chi connectivity index (χ1) is 8.63. The lowest BCUT2D eigenvalue weighted by Gasteiger charge is -2.16.